The van der Waals surface area contributed by atoms with Crippen LogP contribution in [0.2, 0.25) is 0 Å². The van der Waals surface area contributed by atoms with Gasteiger partial charge in [-0.25, -0.2) is 8.42 Å². The highest BCUT2D eigenvalue weighted by atomic mass is 32.2. The molecule has 6 nitrogen and oxygen atoms in total. The van der Waals surface area contributed by atoms with Crippen LogP contribution in [0.3, 0.4) is 0 Å². The van der Waals surface area contributed by atoms with Crippen molar-refractivity contribution in [1.82, 2.24) is 5.32 Å². The number of quaternary nitrogens is 1. The van der Waals surface area contributed by atoms with Crippen LogP contribution < -0.4 is 15.5 Å². The summed E-state index contributed by atoms with van der Waals surface area (Å²) in [5.74, 6) is 1.16. The number of hydrogen-bond acceptors (Lipinski definition) is 5. The standard InChI is InChI=1S/C40H62N4O2S2/c1-5-7-11-23-40(24-12-8-6-2)31-48(45,46)37-19-18-35(43(3)4)30-36(37)39(42-40)33-15-14-16-34(29-33)41-38(47)17-10-9-13-25-44-26-20-32(21-27-44)22-28-44/h14-16,18-19,29-30,32,39,42H,5-13,17,20-28,31H2,1-4H3/p+1. The summed E-state index contributed by atoms with van der Waals surface area (Å²) in [6.45, 7) is 9.98. The van der Waals surface area contributed by atoms with Crippen molar-refractivity contribution in [3.8, 4) is 0 Å². The van der Waals surface area contributed by atoms with Crippen molar-refractivity contribution in [3.05, 3.63) is 53.6 Å². The Morgan fingerprint density at radius 3 is 2.25 bits per heavy atom. The van der Waals surface area contributed by atoms with Crippen molar-refractivity contribution < 1.29 is 12.9 Å². The van der Waals surface area contributed by atoms with Crippen LogP contribution in [-0.4, -0.2) is 69.5 Å². The second kappa shape index (κ2) is 16.8. The Labute approximate surface area is 298 Å². The topological polar surface area (TPSA) is 61.4 Å². The first-order valence-electron chi connectivity index (χ1n) is 19.1. The number of nitrogens with one attached hydrogen (secondary N) is 2. The van der Waals surface area contributed by atoms with Gasteiger partial charge in [0, 0.05) is 31.0 Å². The summed E-state index contributed by atoms with van der Waals surface area (Å²) in [6.07, 6.45) is 17.1. The first-order valence-corrected chi connectivity index (χ1v) is 21.2. The number of piperidine rings is 3. The molecular weight excluding hydrogens is 633 g/mol. The van der Waals surface area contributed by atoms with Gasteiger partial charge in [-0.05, 0) is 105 Å². The van der Waals surface area contributed by atoms with E-state index in [1.165, 1.54) is 62.8 Å². The number of fused-ring (bicyclic) bond motifs is 4. The van der Waals surface area contributed by atoms with Crippen LogP contribution in [0.15, 0.2) is 47.4 Å². The normalized spacial score (nSPS) is 24.1. The van der Waals surface area contributed by atoms with Crippen molar-refractivity contribution in [2.45, 2.75) is 127 Å². The molecule has 2 aromatic carbocycles. The van der Waals surface area contributed by atoms with Gasteiger partial charge >= 0.3 is 0 Å². The number of benzene rings is 2. The summed E-state index contributed by atoms with van der Waals surface area (Å²) in [7, 11) is 0.509. The molecule has 48 heavy (non-hydrogen) atoms. The van der Waals surface area contributed by atoms with E-state index in [1.54, 1.807) is 0 Å². The van der Waals surface area contributed by atoms with Gasteiger partial charge in [0.1, 0.15) is 0 Å². The average Bonchev–Trinajstić information content (AvgIpc) is 3.17. The molecule has 6 rings (SSSR count). The minimum absolute atomic E-state index is 0.140. The maximum atomic E-state index is 14.2. The van der Waals surface area contributed by atoms with E-state index in [1.807, 2.05) is 26.2 Å². The Balaban J connectivity index is 1.33. The lowest BCUT2D eigenvalue weighted by Gasteiger charge is -2.49. The van der Waals surface area contributed by atoms with Crippen molar-refractivity contribution in [1.29, 1.82) is 0 Å². The monoisotopic (exact) mass is 695 g/mol. The van der Waals surface area contributed by atoms with E-state index in [4.69, 9.17) is 12.2 Å². The molecule has 1 unspecified atom stereocenters. The van der Waals surface area contributed by atoms with Gasteiger partial charge in [-0.1, -0.05) is 76.7 Å². The minimum Gasteiger partial charge on any atom is -0.378 e. The molecule has 4 aliphatic heterocycles. The minimum atomic E-state index is -3.52. The highest BCUT2D eigenvalue weighted by Gasteiger charge is 2.43. The molecule has 4 heterocycles. The van der Waals surface area contributed by atoms with Gasteiger partial charge in [-0.3, -0.25) is 5.32 Å². The highest BCUT2D eigenvalue weighted by Crippen LogP contribution is 2.41. The maximum Gasteiger partial charge on any atom is 0.180 e. The quantitative estimate of drug-likeness (QED) is 0.0979. The molecule has 3 fully saturated rings. The first kappa shape index (κ1) is 37.3. The fourth-order valence-electron chi connectivity index (χ4n) is 8.70. The fraction of sp³-hybridized carbons (Fsp3) is 0.675. The van der Waals surface area contributed by atoms with E-state index in [9.17, 15) is 8.42 Å². The van der Waals surface area contributed by atoms with Gasteiger partial charge in [0.2, 0.25) is 0 Å². The molecular formula is C40H63N4O2S2+. The van der Waals surface area contributed by atoms with Gasteiger partial charge < -0.3 is 14.7 Å². The van der Waals surface area contributed by atoms with E-state index < -0.39 is 15.4 Å². The Bertz CT molecular complexity index is 1440. The summed E-state index contributed by atoms with van der Waals surface area (Å²) in [6, 6.07) is 14.1. The molecule has 2 aromatic rings. The van der Waals surface area contributed by atoms with Crippen molar-refractivity contribution in [2.24, 2.45) is 5.92 Å². The van der Waals surface area contributed by atoms with Crippen LogP contribution in [-0.2, 0) is 9.84 Å². The highest BCUT2D eigenvalue weighted by molar-refractivity contribution is 7.91. The van der Waals surface area contributed by atoms with Gasteiger partial charge in [0.15, 0.2) is 9.84 Å². The maximum absolute atomic E-state index is 14.2. The summed E-state index contributed by atoms with van der Waals surface area (Å²) in [5, 5.41) is 7.60. The van der Waals surface area contributed by atoms with Crippen LogP contribution in [0.25, 0.3) is 0 Å². The molecule has 0 radical (unpaired) electrons. The molecule has 2 N–H and O–H groups in total. The van der Waals surface area contributed by atoms with Crippen LogP contribution in [0.1, 0.15) is 127 Å². The van der Waals surface area contributed by atoms with Gasteiger partial charge in [0.05, 0.1) is 47.9 Å². The fourth-order valence-corrected chi connectivity index (χ4v) is 11.0. The molecule has 0 saturated carbocycles. The lowest BCUT2D eigenvalue weighted by Crippen LogP contribution is -2.58. The number of rotatable bonds is 17. The third kappa shape index (κ3) is 9.41. The molecule has 4 aliphatic rings. The predicted molar refractivity (Wildman–Crippen MR) is 207 cm³/mol. The largest absolute Gasteiger partial charge is 0.378 e. The van der Waals surface area contributed by atoms with Crippen LogP contribution >= 0.6 is 12.2 Å². The number of nitrogens with zero attached hydrogens (tertiary/aromatic N) is 2. The van der Waals surface area contributed by atoms with Gasteiger partial charge in [-0.15, -0.1) is 0 Å². The lowest BCUT2D eigenvalue weighted by atomic mass is 9.85. The molecule has 8 heteroatoms. The van der Waals surface area contributed by atoms with Crippen molar-refractivity contribution >= 4 is 38.4 Å². The molecule has 266 valence electrons. The summed E-state index contributed by atoms with van der Waals surface area (Å²) in [5.41, 5.74) is 3.42. The second-order valence-corrected chi connectivity index (χ2v) is 18.1. The zero-order valence-electron chi connectivity index (χ0n) is 30.4. The van der Waals surface area contributed by atoms with E-state index in [0.29, 0.717) is 4.90 Å². The summed E-state index contributed by atoms with van der Waals surface area (Å²) < 4.78 is 29.8. The predicted octanol–water partition coefficient (Wildman–Crippen LogP) is 9.05. The lowest BCUT2D eigenvalue weighted by molar-refractivity contribution is -0.942. The van der Waals surface area contributed by atoms with Crippen molar-refractivity contribution in [2.75, 3.05) is 56.2 Å². The van der Waals surface area contributed by atoms with Crippen LogP contribution in [0, 0.1) is 5.92 Å². The van der Waals surface area contributed by atoms with E-state index >= 15 is 0 Å². The second-order valence-electron chi connectivity index (χ2n) is 15.6. The summed E-state index contributed by atoms with van der Waals surface area (Å²) in [4.78, 5) is 3.41. The molecule has 2 bridgehead atoms. The Kier molecular flexibility index (Phi) is 13.0. The molecule has 0 aromatic heterocycles. The SMILES string of the molecule is CCCCCC1(CCCCC)CS(=O)(=O)c2ccc(N(C)C)cc2C(c2cccc(NC(=S)CCCCC[N+]34CCC(CC3)CC4)c2)N1. The zero-order valence-corrected chi connectivity index (χ0v) is 32.0. The Morgan fingerprint density at radius 2 is 1.60 bits per heavy atom. The molecule has 3 saturated heterocycles. The molecule has 0 amide bonds. The number of thiocarbonyl (C=S) groups is 1. The summed E-state index contributed by atoms with van der Waals surface area (Å²) >= 11 is 5.86. The third-order valence-electron chi connectivity index (χ3n) is 11.7. The van der Waals surface area contributed by atoms with E-state index in [0.717, 1.165) is 97.6 Å². The number of anilines is 2. The Morgan fingerprint density at radius 1 is 0.917 bits per heavy atom. The van der Waals surface area contributed by atoms with E-state index in [-0.39, 0.29) is 11.8 Å². The Hall–Kier alpha value is -2.00. The number of unbranched alkanes of at least 4 members (excludes halogenated alkanes) is 6. The van der Waals surface area contributed by atoms with Crippen molar-refractivity contribution in [3.63, 3.8) is 0 Å². The zero-order chi connectivity index (χ0) is 34.2. The molecule has 0 aliphatic carbocycles. The average molecular weight is 696 g/mol. The van der Waals surface area contributed by atoms with E-state index in [2.05, 4.69) is 59.7 Å². The number of sulfone groups is 1. The van der Waals surface area contributed by atoms with Crippen LogP contribution in [0.5, 0.6) is 0 Å². The molecule has 0 spiro atoms. The van der Waals surface area contributed by atoms with Gasteiger partial charge in [-0.2, -0.15) is 0 Å². The number of hydrogen-bond donors (Lipinski definition) is 2. The van der Waals surface area contributed by atoms with Gasteiger partial charge in [0.25, 0.3) is 0 Å². The first-order chi connectivity index (χ1) is 23.1. The smallest absolute Gasteiger partial charge is 0.180 e. The molecule has 1 atom stereocenters. The third-order valence-corrected chi connectivity index (χ3v) is 13.9. The van der Waals surface area contributed by atoms with Crippen LogP contribution in [0.4, 0.5) is 11.4 Å².